The Morgan fingerprint density at radius 1 is 0.889 bits per heavy atom. The highest BCUT2D eigenvalue weighted by molar-refractivity contribution is 4.79. The Morgan fingerprint density at radius 3 is 1.94 bits per heavy atom. The van der Waals surface area contributed by atoms with E-state index in [9.17, 15) is 0 Å². The normalized spacial score (nSPS) is 42.2. The molecule has 0 amide bonds. The van der Waals surface area contributed by atoms with E-state index in [1.165, 1.54) is 25.7 Å². The molecular weight excluding hydrogens is 224 g/mol. The summed E-state index contributed by atoms with van der Waals surface area (Å²) >= 11 is 0. The summed E-state index contributed by atoms with van der Waals surface area (Å²) in [6, 6.07) is 0. The minimum Gasteiger partial charge on any atom is -0.375 e. The molecule has 18 heavy (non-hydrogen) atoms. The van der Waals surface area contributed by atoms with Crippen molar-refractivity contribution in [1.29, 1.82) is 0 Å². The lowest BCUT2D eigenvalue weighted by Crippen LogP contribution is -2.37. The van der Waals surface area contributed by atoms with Crippen LogP contribution >= 0.6 is 0 Å². The van der Waals surface area contributed by atoms with Crippen LogP contribution in [0.5, 0.6) is 0 Å². The predicted molar refractivity (Wildman–Crippen MR) is 74.7 cm³/mol. The maximum atomic E-state index is 6.32. The van der Waals surface area contributed by atoms with Crippen LogP contribution in [0.15, 0.2) is 0 Å². The lowest BCUT2D eigenvalue weighted by molar-refractivity contribution is -0.129. The van der Waals surface area contributed by atoms with Crippen molar-refractivity contribution in [3.05, 3.63) is 0 Å². The maximum Gasteiger partial charge on any atom is 0.0628 e. The quantitative estimate of drug-likeness (QED) is 0.752. The van der Waals surface area contributed by atoms with Gasteiger partial charge in [-0.15, -0.1) is 0 Å². The second-order valence-corrected chi connectivity index (χ2v) is 6.77. The van der Waals surface area contributed by atoms with Crippen LogP contribution in [0.2, 0.25) is 0 Å². The first-order valence-corrected chi connectivity index (χ1v) is 7.85. The highest BCUT2D eigenvalue weighted by Gasteiger charge is 2.29. The standard InChI is InChI=1S/C16H30O2/c1-11(2)14-5-7-15(8-6-14)18-16-9-12(3)17-13(4)10-16/h11-16H,5-10H2,1-4H3/t12?,13?,14-,15-,16?. The average molecular weight is 254 g/mol. The van der Waals surface area contributed by atoms with Crippen LogP contribution in [0, 0.1) is 11.8 Å². The third kappa shape index (κ3) is 3.96. The first kappa shape index (κ1) is 14.3. The summed E-state index contributed by atoms with van der Waals surface area (Å²) in [6.45, 7) is 9.05. The third-order valence-corrected chi connectivity index (χ3v) is 4.70. The van der Waals surface area contributed by atoms with E-state index in [4.69, 9.17) is 9.47 Å². The van der Waals surface area contributed by atoms with Crippen LogP contribution in [0.4, 0.5) is 0 Å². The van der Waals surface area contributed by atoms with Gasteiger partial charge in [0.1, 0.15) is 0 Å². The van der Waals surface area contributed by atoms with Gasteiger partial charge in [0.2, 0.25) is 0 Å². The zero-order chi connectivity index (χ0) is 13.1. The summed E-state index contributed by atoms with van der Waals surface area (Å²) in [7, 11) is 0. The van der Waals surface area contributed by atoms with E-state index in [-0.39, 0.29) is 0 Å². The molecule has 1 aliphatic heterocycles. The van der Waals surface area contributed by atoms with Crippen LogP contribution < -0.4 is 0 Å². The molecule has 2 heteroatoms. The molecule has 106 valence electrons. The van der Waals surface area contributed by atoms with Crippen LogP contribution in [0.25, 0.3) is 0 Å². The molecule has 0 spiro atoms. The molecule has 0 aromatic heterocycles. The van der Waals surface area contributed by atoms with E-state index in [0.29, 0.717) is 24.4 Å². The average Bonchev–Trinajstić information content (AvgIpc) is 2.28. The molecule has 2 atom stereocenters. The molecule has 2 nitrogen and oxygen atoms in total. The first-order chi connectivity index (χ1) is 8.54. The van der Waals surface area contributed by atoms with Crippen LogP contribution in [-0.4, -0.2) is 24.4 Å². The molecule has 1 saturated carbocycles. The fourth-order valence-corrected chi connectivity index (χ4v) is 3.62. The molecule has 0 aromatic carbocycles. The van der Waals surface area contributed by atoms with Gasteiger partial charge in [-0.2, -0.15) is 0 Å². The largest absolute Gasteiger partial charge is 0.375 e. The van der Waals surface area contributed by atoms with Gasteiger partial charge in [-0.05, 0) is 64.2 Å². The SMILES string of the molecule is CC1CC(O[C@H]2CC[C@H](C(C)C)CC2)CC(C)O1. The second kappa shape index (κ2) is 6.38. The van der Waals surface area contributed by atoms with Gasteiger partial charge in [0.15, 0.2) is 0 Å². The van der Waals surface area contributed by atoms with Gasteiger partial charge in [0.25, 0.3) is 0 Å². The summed E-state index contributed by atoms with van der Waals surface area (Å²) in [4.78, 5) is 0. The number of hydrogen-bond acceptors (Lipinski definition) is 2. The van der Waals surface area contributed by atoms with Crippen molar-refractivity contribution in [2.24, 2.45) is 11.8 Å². The Bertz CT molecular complexity index is 233. The highest BCUT2D eigenvalue weighted by Crippen LogP contribution is 2.33. The van der Waals surface area contributed by atoms with E-state index in [1.54, 1.807) is 0 Å². The smallest absolute Gasteiger partial charge is 0.0628 e. The van der Waals surface area contributed by atoms with Crippen molar-refractivity contribution >= 4 is 0 Å². The summed E-state index contributed by atoms with van der Waals surface area (Å²) < 4.78 is 12.1. The van der Waals surface area contributed by atoms with Crippen molar-refractivity contribution in [3.63, 3.8) is 0 Å². The fraction of sp³-hybridized carbons (Fsp3) is 1.00. The zero-order valence-corrected chi connectivity index (χ0v) is 12.5. The Morgan fingerprint density at radius 2 is 1.44 bits per heavy atom. The van der Waals surface area contributed by atoms with Crippen molar-refractivity contribution < 1.29 is 9.47 Å². The van der Waals surface area contributed by atoms with E-state index < -0.39 is 0 Å². The van der Waals surface area contributed by atoms with Gasteiger partial charge in [-0.1, -0.05) is 13.8 Å². The minimum atomic E-state index is 0.366. The van der Waals surface area contributed by atoms with E-state index in [1.807, 2.05) is 0 Å². The van der Waals surface area contributed by atoms with Crippen molar-refractivity contribution in [3.8, 4) is 0 Å². The topological polar surface area (TPSA) is 18.5 Å². The summed E-state index contributed by atoms with van der Waals surface area (Å²) in [5.74, 6) is 1.77. The van der Waals surface area contributed by atoms with Gasteiger partial charge >= 0.3 is 0 Å². The summed E-state index contributed by atoms with van der Waals surface area (Å²) in [5.41, 5.74) is 0. The van der Waals surface area contributed by atoms with E-state index >= 15 is 0 Å². The van der Waals surface area contributed by atoms with Crippen LogP contribution in [0.1, 0.15) is 66.2 Å². The lowest BCUT2D eigenvalue weighted by Gasteiger charge is -2.37. The van der Waals surface area contributed by atoms with Gasteiger partial charge < -0.3 is 9.47 Å². The second-order valence-electron chi connectivity index (χ2n) is 6.77. The zero-order valence-electron chi connectivity index (χ0n) is 12.5. The Labute approximate surface area is 112 Å². The van der Waals surface area contributed by atoms with E-state index in [0.717, 1.165) is 24.7 Å². The Hall–Kier alpha value is -0.0800. The molecule has 0 bridgehead atoms. The molecule has 0 N–H and O–H groups in total. The first-order valence-electron chi connectivity index (χ1n) is 7.85. The maximum absolute atomic E-state index is 6.32. The minimum absolute atomic E-state index is 0.366. The van der Waals surface area contributed by atoms with Gasteiger partial charge in [-0.25, -0.2) is 0 Å². The molecule has 2 rings (SSSR count). The van der Waals surface area contributed by atoms with Crippen molar-refractivity contribution in [2.45, 2.75) is 90.6 Å². The molecular formula is C16H30O2. The number of hydrogen-bond donors (Lipinski definition) is 0. The number of ether oxygens (including phenoxy) is 2. The van der Waals surface area contributed by atoms with Crippen LogP contribution in [0.3, 0.4) is 0 Å². The molecule has 1 saturated heterocycles. The molecule has 2 unspecified atom stereocenters. The predicted octanol–water partition coefficient (Wildman–Crippen LogP) is 4.17. The van der Waals surface area contributed by atoms with Crippen LogP contribution in [-0.2, 0) is 9.47 Å². The molecule has 2 aliphatic rings. The van der Waals surface area contributed by atoms with Crippen molar-refractivity contribution in [1.82, 2.24) is 0 Å². The van der Waals surface area contributed by atoms with Crippen molar-refractivity contribution in [2.75, 3.05) is 0 Å². The molecule has 2 fully saturated rings. The highest BCUT2D eigenvalue weighted by atomic mass is 16.5. The van der Waals surface area contributed by atoms with Gasteiger partial charge in [-0.3, -0.25) is 0 Å². The summed E-state index contributed by atoms with van der Waals surface area (Å²) in [5, 5.41) is 0. The third-order valence-electron chi connectivity index (χ3n) is 4.70. The molecule has 0 radical (unpaired) electrons. The summed E-state index contributed by atoms with van der Waals surface area (Å²) in [6.07, 6.45) is 9.09. The number of rotatable bonds is 3. The molecule has 0 aromatic rings. The lowest BCUT2D eigenvalue weighted by atomic mass is 9.80. The molecule has 1 aliphatic carbocycles. The Kier molecular flexibility index (Phi) is 5.08. The van der Waals surface area contributed by atoms with Gasteiger partial charge in [0.05, 0.1) is 24.4 Å². The fourth-order valence-electron chi connectivity index (χ4n) is 3.62. The monoisotopic (exact) mass is 254 g/mol. The molecule has 1 heterocycles. The van der Waals surface area contributed by atoms with Gasteiger partial charge in [0, 0.05) is 0 Å². The van der Waals surface area contributed by atoms with E-state index in [2.05, 4.69) is 27.7 Å². The Balaban J connectivity index is 1.74.